The quantitative estimate of drug-likeness (QED) is 0.0158. The van der Waals surface area contributed by atoms with Gasteiger partial charge in [-0.2, -0.15) is 0 Å². The second-order valence-electron chi connectivity index (χ2n) is 14.4. The van der Waals surface area contributed by atoms with Crippen molar-refractivity contribution in [1.29, 1.82) is 0 Å². The van der Waals surface area contributed by atoms with Gasteiger partial charge in [-0.3, -0.25) is 9.05 Å². The molecule has 0 aliphatic heterocycles. The third-order valence-electron chi connectivity index (χ3n) is 9.23. The summed E-state index contributed by atoms with van der Waals surface area (Å²) in [6, 6.07) is 0. The van der Waals surface area contributed by atoms with Gasteiger partial charge in [-0.25, -0.2) is 9.36 Å². The summed E-state index contributed by atoms with van der Waals surface area (Å²) in [7, 11) is -4.31. The number of nitrogens with two attached hydrogens (primary N) is 1. The number of unbranched alkanes of at least 4 members (excludes halogenated alkanes) is 27. The molecule has 0 fully saturated rings. The zero-order chi connectivity index (χ0) is 38.1. The van der Waals surface area contributed by atoms with E-state index in [4.69, 9.17) is 24.3 Å². The molecule has 0 saturated carbocycles. The molecule has 0 aliphatic rings. The van der Waals surface area contributed by atoms with E-state index in [9.17, 15) is 14.3 Å². The van der Waals surface area contributed by atoms with Gasteiger partial charge in [-0.15, -0.1) is 0 Å². The molecule has 1 unspecified atom stereocenters. The Labute approximate surface area is 320 Å². The minimum Gasteiger partial charge on any atom is -0.498 e. The van der Waals surface area contributed by atoms with Crippen molar-refractivity contribution in [1.82, 2.24) is 0 Å². The number of phosphoric ester groups is 1. The smallest absolute Gasteiger partial charge is 0.472 e. The first-order valence-corrected chi connectivity index (χ1v) is 23.1. The van der Waals surface area contributed by atoms with Crippen molar-refractivity contribution in [3.8, 4) is 0 Å². The van der Waals surface area contributed by atoms with Crippen LogP contribution in [0.25, 0.3) is 0 Å². The Hall–Kier alpha value is -1.44. The topological polar surface area (TPSA) is 117 Å². The number of carbonyl (C=O) groups excluding carboxylic acids is 1. The first-order valence-electron chi connectivity index (χ1n) is 21.6. The van der Waals surface area contributed by atoms with E-state index in [0.29, 0.717) is 0 Å². The lowest BCUT2D eigenvalue weighted by Gasteiger charge is -2.18. The largest absolute Gasteiger partial charge is 0.498 e. The summed E-state index contributed by atoms with van der Waals surface area (Å²) in [4.78, 5) is 22.3. The Morgan fingerprint density at radius 2 is 1.02 bits per heavy atom. The van der Waals surface area contributed by atoms with Crippen molar-refractivity contribution >= 4 is 13.8 Å². The van der Waals surface area contributed by atoms with Crippen LogP contribution < -0.4 is 5.73 Å². The second kappa shape index (κ2) is 40.7. The van der Waals surface area contributed by atoms with Gasteiger partial charge in [0.1, 0.15) is 6.61 Å². The fourth-order valence-corrected chi connectivity index (χ4v) is 6.81. The Morgan fingerprint density at radius 1 is 0.596 bits per heavy atom. The number of allylic oxidation sites excluding steroid dienone is 4. The highest BCUT2D eigenvalue weighted by Gasteiger charge is 2.24. The summed E-state index contributed by atoms with van der Waals surface area (Å²) in [5.74, 6) is -0.579. The maximum atomic E-state index is 12.4. The second-order valence-corrected chi connectivity index (χ2v) is 15.8. The molecule has 0 spiro atoms. The van der Waals surface area contributed by atoms with Crippen LogP contribution in [0.3, 0.4) is 0 Å². The van der Waals surface area contributed by atoms with E-state index in [-0.39, 0.29) is 26.4 Å². The van der Waals surface area contributed by atoms with E-state index in [1.807, 2.05) is 12.2 Å². The molecule has 2 atom stereocenters. The molecular formula is C43H82NO7P. The summed E-state index contributed by atoms with van der Waals surface area (Å²) in [5, 5.41) is 0. The summed E-state index contributed by atoms with van der Waals surface area (Å²) >= 11 is 0. The SMILES string of the molecule is CCCCCCCCCCCCC/C=C/C=C/C(=O)O[C@H](CO/C=C/CCCCCCCCCCCCCCCCCC)COP(=O)(O)OCCN. The number of carbonyl (C=O) groups is 1. The van der Waals surface area contributed by atoms with E-state index in [1.54, 1.807) is 12.3 Å². The fraction of sp³-hybridized carbons (Fsp3) is 0.837. The van der Waals surface area contributed by atoms with Gasteiger partial charge in [0.25, 0.3) is 0 Å². The van der Waals surface area contributed by atoms with Crippen LogP contribution in [0.1, 0.15) is 200 Å². The molecule has 9 heteroatoms. The molecule has 0 rings (SSSR count). The van der Waals surface area contributed by atoms with Gasteiger partial charge in [-0.1, -0.05) is 193 Å². The van der Waals surface area contributed by atoms with Crippen LogP contribution in [-0.4, -0.2) is 43.3 Å². The number of hydrogen-bond donors (Lipinski definition) is 2. The molecule has 3 N–H and O–H groups in total. The van der Waals surface area contributed by atoms with Crippen molar-refractivity contribution in [2.45, 2.75) is 206 Å². The number of ether oxygens (including phenoxy) is 2. The number of phosphoric acid groups is 1. The normalized spacial score (nSPS) is 13.8. The van der Waals surface area contributed by atoms with Crippen molar-refractivity contribution < 1.29 is 32.8 Å². The van der Waals surface area contributed by atoms with Crippen LogP contribution in [0.5, 0.6) is 0 Å². The van der Waals surface area contributed by atoms with Gasteiger partial charge < -0.3 is 20.1 Å². The van der Waals surface area contributed by atoms with Gasteiger partial charge in [0.15, 0.2) is 6.10 Å². The van der Waals surface area contributed by atoms with Gasteiger partial charge in [0.05, 0.1) is 19.5 Å². The highest BCUT2D eigenvalue weighted by Crippen LogP contribution is 2.43. The molecule has 0 amide bonds. The van der Waals surface area contributed by atoms with Crippen LogP contribution in [0.15, 0.2) is 36.6 Å². The average molecular weight is 756 g/mol. The molecule has 0 bridgehead atoms. The Morgan fingerprint density at radius 3 is 1.46 bits per heavy atom. The van der Waals surface area contributed by atoms with Gasteiger partial charge in [0, 0.05) is 12.6 Å². The highest BCUT2D eigenvalue weighted by molar-refractivity contribution is 7.47. The van der Waals surface area contributed by atoms with E-state index >= 15 is 0 Å². The molecular weight excluding hydrogens is 673 g/mol. The summed E-state index contributed by atoms with van der Waals surface area (Å²) in [5.41, 5.74) is 5.35. The highest BCUT2D eigenvalue weighted by atomic mass is 31.2. The predicted octanol–water partition coefficient (Wildman–Crippen LogP) is 13.0. The summed E-state index contributed by atoms with van der Waals surface area (Å²) in [6.45, 7) is 4.13. The minimum absolute atomic E-state index is 0.0133. The monoisotopic (exact) mass is 756 g/mol. The van der Waals surface area contributed by atoms with Crippen molar-refractivity contribution in [3.63, 3.8) is 0 Å². The number of esters is 1. The van der Waals surface area contributed by atoms with Gasteiger partial charge in [-0.05, 0) is 31.8 Å². The molecule has 8 nitrogen and oxygen atoms in total. The minimum atomic E-state index is -4.31. The molecule has 0 saturated heterocycles. The van der Waals surface area contributed by atoms with Crippen LogP contribution in [0, 0.1) is 0 Å². The van der Waals surface area contributed by atoms with Crippen LogP contribution in [-0.2, 0) is 27.9 Å². The molecule has 0 aliphatic carbocycles. The van der Waals surface area contributed by atoms with Crippen molar-refractivity contribution in [3.05, 3.63) is 36.6 Å². The van der Waals surface area contributed by atoms with Crippen LogP contribution in [0.4, 0.5) is 0 Å². The first-order chi connectivity index (χ1) is 25.4. The molecule has 0 radical (unpaired) electrons. The standard InChI is InChI=1S/C43H82NO7P/c1-3-5-7-9-11-13-15-17-19-20-21-23-25-27-29-31-33-35-38-48-40-42(41-50-52(46,47)49-39-37-44)51-43(45)36-34-32-30-28-26-24-22-18-16-14-12-10-8-6-4-2/h30,32,34-36,38,42H,3-29,31,33,37,39-41,44H2,1-2H3,(H,46,47)/b32-30+,36-34+,38-35+/t42-/m1/s1. The van der Waals surface area contributed by atoms with Crippen LogP contribution >= 0.6 is 7.82 Å². The lowest BCUT2D eigenvalue weighted by molar-refractivity contribution is -0.147. The Bertz CT molecular complexity index is 895. The maximum Gasteiger partial charge on any atom is 0.472 e. The lowest BCUT2D eigenvalue weighted by Crippen LogP contribution is -2.27. The third kappa shape index (κ3) is 39.8. The zero-order valence-corrected chi connectivity index (χ0v) is 34.7. The molecule has 0 aromatic heterocycles. The average Bonchev–Trinajstić information content (AvgIpc) is 3.13. The van der Waals surface area contributed by atoms with E-state index in [0.717, 1.165) is 25.7 Å². The fourth-order valence-electron chi connectivity index (χ4n) is 6.05. The molecule has 306 valence electrons. The van der Waals surface area contributed by atoms with Gasteiger partial charge in [0.2, 0.25) is 0 Å². The van der Waals surface area contributed by atoms with Gasteiger partial charge >= 0.3 is 13.8 Å². The molecule has 0 heterocycles. The van der Waals surface area contributed by atoms with Crippen LogP contribution in [0.2, 0.25) is 0 Å². The summed E-state index contributed by atoms with van der Waals surface area (Å²) in [6.07, 6.45) is 47.5. The van der Waals surface area contributed by atoms with E-state index in [2.05, 4.69) is 19.9 Å². The predicted molar refractivity (Wildman–Crippen MR) is 219 cm³/mol. The number of hydrogen-bond acceptors (Lipinski definition) is 7. The zero-order valence-electron chi connectivity index (χ0n) is 33.8. The Kier molecular flexibility index (Phi) is 39.6. The summed E-state index contributed by atoms with van der Waals surface area (Å²) < 4.78 is 33.0. The maximum absolute atomic E-state index is 12.4. The molecule has 52 heavy (non-hydrogen) atoms. The van der Waals surface area contributed by atoms with E-state index < -0.39 is 19.9 Å². The van der Waals surface area contributed by atoms with Crippen molar-refractivity contribution in [2.24, 2.45) is 5.73 Å². The molecule has 0 aromatic rings. The van der Waals surface area contributed by atoms with E-state index in [1.165, 1.54) is 167 Å². The lowest BCUT2D eigenvalue weighted by atomic mass is 10.0. The number of rotatable bonds is 41. The molecule has 0 aromatic carbocycles. The van der Waals surface area contributed by atoms with Crippen molar-refractivity contribution in [2.75, 3.05) is 26.4 Å². The third-order valence-corrected chi connectivity index (χ3v) is 10.2. The first kappa shape index (κ1) is 50.6. The Balaban J connectivity index is 4.15.